The third kappa shape index (κ3) is 1.89. The minimum Gasteiger partial charge on any atom is -0.478 e. The molecule has 0 heterocycles. The average molecular weight is 202 g/mol. The lowest BCUT2D eigenvalue weighted by atomic mass is 9.79. The Labute approximate surface area is 77.6 Å². The van der Waals surface area contributed by atoms with Gasteiger partial charge in [0.25, 0.3) is 0 Å². The van der Waals surface area contributed by atoms with E-state index in [-0.39, 0.29) is 0 Å². The van der Waals surface area contributed by atoms with Crippen LogP contribution in [0.15, 0.2) is 12.1 Å². The van der Waals surface area contributed by atoms with Gasteiger partial charge in [-0.15, -0.1) is 0 Å². The van der Waals surface area contributed by atoms with Crippen molar-refractivity contribution in [3.8, 4) is 0 Å². The number of benzene rings is 1. The number of carboxylic acids is 1. The SMILES string of the molecule is O=C(O)c1cc(F)c(F)c(B(O)O)c1. The summed E-state index contributed by atoms with van der Waals surface area (Å²) < 4.78 is 25.5. The molecule has 0 aromatic heterocycles. The van der Waals surface area contributed by atoms with Gasteiger partial charge in [-0.05, 0) is 12.1 Å². The molecule has 7 heteroatoms. The van der Waals surface area contributed by atoms with Crippen LogP contribution in [0.2, 0.25) is 0 Å². The first-order valence-corrected chi connectivity index (χ1v) is 3.52. The lowest BCUT2D eigenvalue weighted by Crippen LogP contribution is -2.34. The van der Waals surface area contributed by atoms with Crippen LogP contribution in [-0.4, -0.2) is 28.2 Å². The fraction of sp³-hybridized carbons (Fsp3) is 0. The lowest BCUT2D eigenvalue weighted by Gasteiger charge is -2.04. The largest absolute Gasteiger partial charge is 0.491 e. The van der Waals surface area contributed by atoms with Crippen molar-refractivity contribution in [2.24, 2.45) is 0 Å². The van der Waals surface area contributed by atoms with E-state index in [1.54, 1.807) is 0 Å². The third-order valence-electron chi connectivity index (χ3n) is 1.58. The summed E-state index contributed by atoms with van der Waals surface area (Å²) in [5.74, 6) is -4.39. The van der Waals surface area contributed by atoms with Gasteiger partial charge in [-0.25, -0.2) is 13.6 Å². The molecule has 14 heavy (non-hydrogen) atoms. The van der Waals surface area contributed by atoms with Crippen molar-refractivity contribution in [2.75, 3.05) is 0 Å². The van der Waals surface area contributed by atoms with Gasteiger partial charge in [0.15, 0.2) is 11.6 Å². The zero-order chi connectivity index (χ0) is 10.9. The highest BCUT2D eigenvalue weighted by atomic mass is 19.2. The molecule has 0 spiro atoms. The Kier molecular flexibility index (Phi) is 2.83. The monoisotopic (exact) mass is 202 g/mol. The zero-order valence-electron chi connectivity index (χ0n) is 6.74. The van der Waals surface area contributed by atoms with E-state index in [4.69, 9.17) is 15.2 Å². The van der Waals surface area contributed by atoms with Gasteiger partial charge in [-0.3, -0.25) is 0 Å². The first-order chi connectivity index (χ1) is 6.43. The molecule has 0 amide bonds. The van der Waals surface area contributed by atoms with Crippen LogP contribution in [0.25, 0.3) is 0 Å². The molecule has 0 fully saturated rings. The summed E-state index contributed by atoms with van der Waals surface area (Å²) in [6, 6.07) is 1.12. The Morgan fingerprint density at radius 2 is 1.86 bits per heavy atom. The van der Waals surface area contributed by atoms with E-state index < -0.39 is 35.7 Å². The first kappa shape index (κ1) is 10.6. The molecule has 0 aliphatic heterocycles. The van der Waals surface area contributed by atoms with Gasteiger partial charge in [0.1, 0.15) is 0 Å². The molecule has 0 atom stereocenters. The summed E-state index contributed by atoms with van der Waals surface area (Å²) in [5, 5.41) is 25.6. The van der Waals surface area contributed by atoms with Crippen molar-refractivity contribution in [2.45, 2.75) is 0 Å². The molecule has 1 aromatic carbocycles. The molecule has 0 unspecified atom stereocenters. The summed E-state index contributed by atoms with van der Waals surface area (Å²) in [7, 11) is -2.25. The maximum atomic E-state index is 12.8. The van der Waals surface area contributed by atoms with E-state index in [0.29, 0.717) is 12.1 Å². The topological polar surface area (TPSA) is 77.8 Å². The van der Waals surface area contributed by atoms with Crippen LogP contribution in [0.3, 0.4) is 0 Å². The standard InChI is InChI=1S/C7H5BF2O4/c9-5-2-3(7(11)12)1-4(6(5)10)8(13)14/h1-2,13-14H,(H,11,12). The normalized spacial score (nSPS) is 10.0. The van der Waals surface area contributed by atoms with Crippen LogP contribution in [0.5, 0.6) is 0 Å². The molecular weight excluding hydrogens is 197 g/mol. The van der Waals surface area contributed by atoms with E-state index in [0.717, 1.165) is 0 Å². The molecule has 4 nitrogen and oxygen atoms in total. The maximum Gasteiger partial charge on any atom is 0.491 e. The van der Waals surface area contributed by atoms with Crippen LogP contribution in [0, 0.1) is 11.6 Å². The van der Waals surface area contributed by atoms with Crippen molar-refractivity contribution < 1.29 is 28.7 Å². The Balaban J connectivity index is 3.35. The number of halogens is 2. The molecule has 1 rings (SSSR count). The third-order valence-corrected chi connectivity index (χ3v) is 1.58. The van der Waals surface area contributed by atoms with Gasteiger partial charge in [-0.1, -0.05) is 0 Å². The maximum absolute atomic E-state index is 12.8. The van der Waals surface area contributed by atoms with E-state index in [2.05, 4.69) is 0 Å². The van der Waals surface area contributed by atoms with Crippen molar-refractivity contribution in [1.82, 2.24) is 0 Å². The van der Waals surface area contributed by atoms with E-state index in [1.807, 2.05) is 0 Å². The average Bonchev–Trinajstić information content (AvgIpc) is 2.08. The summed E-state index contributed by atoms with van der Waals surface area (Å²) in [5.41, 5.74) is -1.35. The van der Waals surface area contributed by atoms with Crippen LogP contribution < -0.4 is 5.46 Å². The molecule has 0 saturated carbocycles. The highest BCUT2D eigenvalue weighted by Crippen LogP contribution is 2.07. The molecule has 0 aliphatic carbocycles. The van der Waals surface area contributed by atoms with Crippen LogP contribution in [0.4, 0.5) is 8.78 Å². The fourth-order valence-electron chi connectivity index (χ4n) is 0.922. The second-order valence-corrected chi connectivity index (χ2v) is 2.54. The van der Waals surface area contributed by atoms with Gasteiger partial charge in [-0.2, -0.15) is 0 Å². The highest BCUT2D eigenvalue weighted by molar-refractivity contribution is 6.58. The molecule has 0 radical (unpaired) electrons. The predicted octanol–water partition coefficient (Wildman–Crippen LogP) is -0.657. The van der Waals surface area contributed by atoms with Gasteiger partial charge >= 0.3 is 13.1 Å². The Bertz CT molecular complexity index is 380. The molecule has 3 N–H and O–H groups in total. The van der Waals surface area contributed by atoms with Crippen LogP contribution >= 0.6 is 0 Å². The zero-order valence-corrected chi connectivity index (χ0v) is 6.74. The Morgan fingerprint density at radius 3 is 2.29 bits per heavy atom. The van der Waals surface area contributed by atoms with E-state index in [9.17, 15) is 13.6 Å². The van der Waals surface area contributed by atoms with Gasteiger partial charge in [0.2, 0.25) is 0 Å². The predicted molar refractivity (Wildman–Crippen MR) is 43.1 cm³/mol. The number of rotatable bonds is 2. The summed E-state index contributed by atoms with van der Waals surface area (Å²) in [6.45, 7) is 0. The van der Waals surface area contributed by atoms with Crippen molar-refractivity contribution >= 4 is 18.6 Å². The summed E-state index contributed by atoms with van der Waals surface area (Å²) in [6.07, 6.45) is 0. The molecular formula is C7H5BF2O4. The van der Waals surface area contributed by atoms with Gasteiger partial charge in [0, 0.05) is 5.46 Å². The highest BCUT2D eigenvalue weighted by Gasteiger charge is 2.22. The first-order valence-electron chi connectivity index (χ1n) is 3.52. The molecule has 0 saturated heterocycles. The second kappa shape index (κ2) is 3.73. The van der Waals surface area contributed by atoms with Crippen molar-refractivity contribution in [1.29, 1.82) is 0 Å². The Hall–Kier alpha value is -1.47. The van der Waals surface area contributed by atoms with Gasteiger partial charge in [0.05, 0.1) is 5.56 Å². The second-order valence-electron chi connectivity index (χ2n) is 2.54. The number of hydrogen-bond acceptors (Lipinski definition) is 3. The van der Waals surface area contributed by atoms with Crippen LogP contribution in [-0.2, 0) is 0 Å². The van der Waals surface area contributed by atoms with Crippen molar-refractivity contribution in [3.63, 3.8) is 0 Å². The molecule has 74 valence electrons. The van der Waals surface area contributed by atoms with Crippen molar-refractivity contribution in [3.05, 3.63) is 29.3 Å². The minimum atomic E-state index is -2.25. The Morgan fingerprint density at radius 1 is 1.29 bits per heavy atom. The number of hydrogen-bond donors (Lipinski definition) is 3. The number of carboxylic acid groups (broad SMARTS) is 1. The van der Waals surface area contributed by atoms with Crippen LogP contribution in [0.1, 0.15) is 10.4 Å². The lowest BCUT2D eigenvalue weighted by molar-refractivity contribution is 0.0696. The number of carbonyl (C=O) groups is 1. The summed E-state index contributed by atoms with van der Waals surface area (Å²) in [4.78, 5) is 10.4. The smallest absolute Gasteiger partial charge is 0.478 e. The minimum absolute atomic E-state index is 0.462. The quantitative estimate of drug-likeness (QED) is 0.556. The van der Waals surface area contributed by atoms with E-state index in [1.165, 1.54) is 0 Å². The summed E-state index contributed by atoms with van der Waals surface area (Å²) >= 11 is 0. The van der Waals surface area contributed by atoms with Gasteiger partial charge < -0.3 is 15.2 Å². The fourth-order valence-corrected chi connectivity index (χ4v) is 0.922. The molecule has 0 aliphatic rings. The molecule has 0 bridgehead atoms. The van der Waals surface area contributed by atoms with E-state index >= 15 is 0 Å². The molecule has 1 aromatic rings. The number of aromatic carboxylic acids is 1.